The van der Waals surface area contributed by atoms with Gasteiger partial charge in [0.25, 0.3) is 0 Å². The average molecular weight is 1290 g/mol. The van der Waals surface area contributed by atoms with Crippen LogP contribution in [0.3, 0.4) is 0 Å². The molecule has 0 aliphatic carbocycles. The zero-order valence-corrected chi connectivity index (χ0v) is 48.5. The van der Waals surface area contributed by atoms with Crippen LogP contribution in [0.4, 0.5) is 4.79 Å². The highest BCUT2D eigenvalue weighted by molar-refractivity contribution is 8.00. The maximum atomic E-state index is 13.5. The number of rotatable bonds is 26. The molecule has 7 heterocycles. The van der Waals surface area contributed by atoms with Crippen LogP contribution < -0.4 is 37.2 Å². The van der Waals surface area contributed by atoms with Crippen LogP contribution in [0.1, 0.15) is 52.9 Å². The second-order valence-corrected chi connectivity index (χ2v) is 23.6. The summed E-state index contributed by atoms with van der Waals surface area (Å²) in [5, 5.41) is 170. The lowest BCUT2D eigenvalue weighted by Crippen LogP contribution is -2.71. The summed E-state index contributed by atoms with van der Waals surface area (Å²) in [5.74, 6) is -5.05. The number of fused-ring (bicyclic) bond motifs is 1. The third-order valence-electron chi connectivity index (χ3n) is 16.0. The van der Waals surface area contributed by atoms with Crippen LogP contribution in [0.15, 0.2) is 0 Å². The molecule has 0 aromatic rings. The van der Waals surface area contributed by atoms with Crippen LogP contribution in [0.2, 0.25) is 0 Å². The number of hydrogen-bond donors (Lipinski definition) is 21. The molecule has 21 N–H and O–H groups in total. The number of amides is 7. The fourth-order valence-electron chi connectivity index (χ4n) is 11.5. The average Bonchev–Trinajstić information content (AvgIpc) is 3.13. The van der Waals surface area contributed by atoms with E-state index in [4.69, 9.17) is 42.6 Å². The Kier molecular flexibility index (Phi) is 25.6. The minimum atomic E-state index is -2.27. The molecule has 7 saturated heterocycles. The molecule has 0 bridgehead atoms. The van der Waals surface area contributed by atoms with Crippen molar-refractivity contribution >= 4 is 53.3 Å². The predicted molar refractivity (Wildman–Crippen MR) is 285 cm³/mol. The summed E-state index contributed by atoms with van der Waals surface area (Å²) in [5.41, 5.74) is 0. The Bertz CT molecular complexity index is 2380. The van der Waals surface area contributed by atoms with E-state index >= 15 is 0 Å². The zero-order chi connectivity index (χ0) is 64.6. The number of nitrogens with one attached hydrogen (secondary N) is 7. The molecule has 38 heteroatoms. The number of carbonyl (C=O) groups is 7. The van der Waals surface area contributed by atoms with Crippen molar-refractivity contribution in [3.05, 3.63) is 0 Å². The van der Waals surface area contributed by atoms with E-state index in [1.54, 1.807) is 11.8 Å². The Morgan fingerprint density at radius 2 is 1.00 bits per heavy atom. The van der Waals surface area contributed by atoms with Crippen LogP contribution in [0.5, 0.6) is 0 Å². The van der Waals surface area contributed by atoms with Crippen LogP contribution >= 0.6 is 11.8 Å². The third kappa shape index (κ3) is 16.8. The Morgan fingerprint density at radius 3 is 1.58 bits per heavy atom. The second kappa shape index (κ2) is 31.7. The number of unbranched alkanes of at least 4 members (excludes halogenated alkanes) is 1. The van der Waals surface area contributed by atoms with E-state index in [1.807, 2.05) is 0 Å². The molecular weight excluding hydrogens is 1210 g/mol. The Labute approximate surface area is 505 Å². The van der Waals surface area contributed by atoms with Gasteiger partial charge in [0.2, 0.25) is 29.5 Å². The minimum absolute atomic E-state index is 0.00891. The zero-order valence-electron chi connectivity index (χ0n) is 47.7. The van der Waals surface area contributed by atoms with Crippen molar-refractivity contribution in [2.45, 2.75) is 230 Å². The highest BCUT2D eigenvalue weighted by atomic mass is 32.2. The molecule has 7 aliphatic rings. The lowest BCUT2D eigenvalue weighted by Gasteiger charge is -2.51. The minimum Gasteiger partial charge on any atom is -0.480 e. The van der Waals surface area contributed by atoms with Gasteiger partial charge in [-0.15, -0.1) is 0 Å². The fourth-order valence-corrected chi connectivity index (χ4v) is 13.1. The summed E-state index contributed by atoms with van der Waals surface area (Å²) in [6.07, 6.45) is -41.7. The SMILES string of the molecule is CC(=O)NC1[C@H](O[C@@H]2C(CO)O[C@@H](NC(=O)CC(NC(=O)CCCCC3SCC4NC(=O)NC43)C(=O)O)C(NC(C)=O)[C@H]2O)OC(CO)[C@@H](O[C@@H]2OC(CO)[C@@H](O)[C@H](O[C@H]3OC(CO)[C@@H](O)C(O)C3O[C@@H]3OC(CO)[C@@H](O)C(O)[C@@H]3NC(C)=O)C2O)[C@@H]1O. The molecule has 37 nitrogen and oxygen atoms in total. The molecule has 15 unspecified atom stereocenters. The third-order valence-corrected chi connectivity index (χ3v) is 17.5. The van der Waals surface area contributed by atoms with Crippen molar-refractivity contribution < 1.29 is 148 Å². The molecule has 29 atom stereocenters. The molecule has 7 amide bonds. The summed E-state index contributed by atoms with van der Waals surface area (Å²) >= 11 is 1.69. The van der Waals surface area contributed by atoms with Gasteiger partial charge in [-0.2, -0.15) is 11.8 Å². The van der Waals surface area contributed by atoms with Gasteiger partial charge in [-0.1, -0.05) is 6.42 Å². The number of aliphatic carboxylic acids is 1. The molecule has 7 aliphatic heterocycles. The molecule has 0 saturated carbocycles. The fraction of sp³-hybridized carbons (Fsp3) is 0.860. The molecular formula is C50H81N7O30S. The standard InChI is InChI=1S/C50H81N7O30S/c1-15(63)51-29-36(72)40(23(12-61)79-44(29)56-27(67)8-18(45(76)77)54-26(66)7-5-4-6-25-28-19(14-88-25)55-50(78)57-28)84-47-31(53-17(3)65)37(73)41(24(13-62)83-47)85-48-39(75)42(34(70)22(11-60)81-48)86-49-43(38(74)33(69)21(10-59)82-49)87-46-30(52-16(2)64)35(71)32(68)20(9-58)80-46/h18-25,28-44,46-49,58-62,68-75H,4-14H2,1-3H3,(H,51,63)(H,52,64)(H,53,65)(H,54,66)(H,56,67)(H,76,77)(H2,55,57,78)/t18?,19?,20?,21?,22?,23?,24?,25?,28?,29?,30-,31?,32+,33+,34+,35?,36+,37+,38?,39?,40+,41+,42-,43?,44+,46-,47-,48-,49+/m0/s1. The molecule has 7 fully saturated rings. The van der Waals surface area contributed by atoms with Gasteiger partial charge in [0.05, 0.1) is 51.5 Å². The molecule has 0 spiro atoms. The van der Waals surface area contributed by atoms with Gasteiger partial charge in [-0.25, -0.2) is 9.59 Å². The maximum absolute atomic E-state index is 13.5. The molecule has 0 aromatic heterocycles. The van der Waals surface area contributed by atoms with E-state index in [0.29, 0.717) is 19.3 Å². The number of carbonyl (C=O) groups excluding carboxylic acids is 6. The van der Waals surface area contributed by atoms with Crippen LogP contribution in [0.25, 0.3) is 0 Å². The molecule has 7 rings (SSSR count). The van der Waals surface area contributed by atoms with E-state index < -0.39 is 234 Å². The van der Waals surface area contributed by atoms with E-state index in [0.717, 1.165) is 26.5 Å². The largest absolute Gasteiger partial charge is 0.480 e. The van der Waals surface area contributed by atoms with Gasteiger partial charge in [-0.05, 0) is 12.8 Å². The summed E-state index contributed by atoms with van der Waals surface area (Å²) in [4.78, 5) is 87.9. The monoisotopic (exact) mass is 1290 g/mol. The summed E-state index contributed by atoms with van der Waals surface area (Å²) < 4.78 is 52.9. The second-order valence-electron chi connectivity index (χ2n) is 22.3. The van der Waals surface area contributed by atoms with Crippen LogP contribution in [0, 0.1) is 0 Å². The van der Waals surface area contributed by atoms with Gasteiger partial charge in [0.15, 0.2) is 31.4 Å². The number of carboxylic acids is 1. The first-order valence-electron chi connectivity index (χ1n) is 28.4. The normalized spacial score (nSPS) is 42.0. The summed E-state index contributed by atoms with van der Waals surface area (Å²) in [6.45, 7) is -1.99. The Balaban J connectivity index is 1.03. The number of carboxylic acid groups (broad SMARTS) is 1. The topological polar surface area (TPSA) is 570 Å². The van der Waals surface area contributed by atoms with Crippen molar-refractivity contribution in [1.29, 1.82) is 0 Å². The highest BCUT2D eigenvalue weighted by Gasteiger charge is 2.58. The number of thioether (sulfide) groups is 1. The van der Waals surface area contributed by atoms with Gasteiger partial charge < -0.3 is 151 Å². The predicted octanol–water partition coefficient (Wildman–Crippen LogP) is -11.7. The number of ether oxygens (including phenoxy) is 9. The number of hydrogen-bond acceptors (Lipinski definition) is 30. The van der Waals surface area contributed by atoms with Crippen molar-refractivity contribution in [3.63, 3.8) is 0 Å². The van der Waals surface area contributed by atoms with Gasteiger partial charge in [-0.3, -0.25) is 24.0 Å². The lowest BCUT2D eigenvalue weighted by molar-refractivity contribution is -0.391. The van der Waals surface area contributed by atoms with E-state index in [-0.39, 0.29) is 29.8 Å². The van der Waals surface area contributed by atoms with E-state index in [2.05, 4.69) is 37.2 Å². The maximum Gasteiger partial charge on any atom is 0.326 e. The van der Waals surface area contributed by atoms with Crippen LogP contribution in [-0.4, -0.2) is 328 Å². The number of aliphatic hydroxyl groups is 13. The smallest absolute Gasteiger partial charge is 0.326 e. The van der Waals surface area contributed by atoms with Crippen molar-refractivity contribution in [3.8, 4) is 0 Å². The molecule has 0 aromatic carbocycles. The van der Waals surface area contributed by atoms with Crippen molar-refractivity contribution in [2.24, 2.45) is 0 Å². The first kappa shape index (κ1) is 71.0. The van der Waals surface area contributed by atoms with Gasteiger partial charge in [0.1, 0.15) is 128 Å². The summed E-state index contributed by atoms with van der Waals surface area (Å²) in [6, 6.07) is -7.16. The van der Waals surface area contributed by atoms with E-state index in [9.17, 15) is 105 Å². The number of aliphatic hydroxyl groups excluding tert-OH is 13. The Morgan fingerprint density at radius 1 is 0.523 bits per heavy atom. The van der Waals surface area contributed by atoms with Crippen molar-refractivity contribution in [1.82, 2.24) is 37.2 Å². The Hall–Kier alpha value is -4.44. The molecule has 88 heavy (non-hydrogen) atoms. The summed E-state index contributed by atoms with van der Waals surface area (Å²) in [7, 11) is 0. The van der Waals surface area contributed by atoms with Crippen LogP contribution in [-0.2, 0) is 71.4 Å². The van der Waals surface area contributed by atoms with Crippen molar-refractivity contribution in [2.75, 3.05) is 38.8 Å². The van der Waals surface area contributed by atoms with E-state index in [1.165, 1.54) is 0 Å². The molecule has 0 radical (unpaired) electrons. The first-order valence-corrected chi connectivity index (χ1v) is 29.5. The highest BCUT2D eigenvalue weighted by Crippen LogP contribution is 2.37. The quantitative estimate of drug-likeness (QED) is 0.0282. The van der Waals surface area contributed by atoms with Gasteiger partial charge in [0, 0.05) is 38.2 Å². The lowest BCUT2D eigenvalue weighted by atomic mass is 9.93. The first-order chi connectivity index (χ1) is 41.7. The van der Waals surface area contributed by atoms with Gasteiger partial charge >= 0.3 is 12.0 Å². The number of urea groups is 1. The molecule has 502 valence electrons.